The molecule has 1 atom stereocenters. The van der Waals surface area contributed by atoms with Crippen LogP contribution in [0.3, 0.4) is 0 Å². The SMILES string of the molecule is CCCOC(C)C(C(F)(F)F)C(F)(F)F. The van der Waals surface area contributed by atoms with Gasteiger partial charge in [0.15, 0.2) is 5.92 Å². The maximum absolute atomic E-state index is 12.1. The summed E-state index contributed by atoms with van der Waals surface area (Å²) < 4.78 is 77.0. The summed E-state index contributed by atoms with van der Waals surface area (Å²) in [6.45, 7) is 2.26. The van der Waals surface area contributed by atoms with Gasteiger partial charge in [-0.3, -0.25) is 0 Å². The molecule has 0 N–H and O–H groups in total. The van der Waals surface area contributed by atoms with Crippen LogP contribution in [0.2, 0.25) is 0 Å². The molecule has 92 valence electrons. The van der Waals surface area contributed by atoms with Gasteiger partial charge in [0.05, 0.1) is 6.10 Å². The lowest BCUT2D eigenvalue weighted by molar-refractivity contribution is -0.308. The third-order valence-corrected chi connectivity index (χ3v) is 1.76. The van der Waals surface area contributed by atoms with Gasteiger partial charge in [0.1, 0.15) is 0 Å². The Balaban J connectivity index is 4.65. The highest BCUT2D eigenvalue weighted by Crippen LogP contribution is 2.42. The smallest absolute Gasteiger partial charge is 0.378 e. The Hall–Kier alpha value is -0.460. The van der Waals surface area contributed by atoms with E-state index in [-0.39, 0.29) is 6.61 Å². The highest BCUT2D eigenvalue weighted by Gasteiger charge is 2.59. The lowest BCUT2D eigenvalue weighted by Crippen LogP contribution is -2.44. The summed E-state index contributed by atoms with van der Waals surface area (Å²) in [6.07, 6.45) is -12.2. The Morgan fingerprint density at radius 1 is 1.00 bits per heavy atom. The topological polar surface area (TPSA) is 9.23 Å². The van der Waals surface area contributed by atoms with Crippen LogP contribution in [0.4, 0.5) is 26.3 Å². The minimum Gasteiger partial charge on any atom is -0.378 e. The van der Waals surface area contributed by atoms with Gasteiger partial charge < -0.3 is 4.74 Å². The Labute approximate surface area is 83.4 Å². The van der Waals surface area contributed by atoms with Crippen molar-refractivity contribution in [2.75, 3.05) is 6.61 Å². The van der Waals surface area contributed by atoms with E-state index >= 15 is 0 Å². The van der Waals surface area contributed by atoms with E-state index in [1.54, 1.807) is 6.92 Å². The van der Waals surface area contributed by atoms with Crippen LogP contribution in [0, 0.1) is 5.92 Å². The van der Waals surface area contributed by atoms with E-state index < -0.39 is 24.4 Å². The fraction of sp³-hybridized carbons (Fsp3) is 1.00. The van der Waals surface area contributed by atoms with Crippen molar-refractivity contribution in [3.63, 3.8) is 0 Å². The highest BCUT2D eigenvalue weighted by molar-refractivity contribution is 4.80. The van der Waals surface area contributed by atoms with Crippen LogP contribution in [-0.4, -0.2) is 25.1 Å². The first kappa shape index (κ1) is 14.5. The van der Waals surface area contributed by atoms with Crippen molar-refractivity contribution in [2.24, 2.45) is 5.92 Å². The van der Waals surface area contributed by atoms with E-state index in [2.05, 4.69) is 4.74 Å². The molecule has 0 saturated heterocycles. The molecule has 0 radical (unpaired) electrons. The lowest BCUT2D eigenvalue weighted by atomic mass is 10.0. The monoisotopic (exact) mass is 238 g/mol. The van der Waals surface area contributed by atoms with Crippen LogP contribution in [0.5, 0.6) is 0 Å². The maximum Gasteiger partial charge on any atom is 0.403 e. The van der Waals surface area contributed by atoms with Crippen molar-refractivity contribution in [1.29, 1.82) is 0 Å². The first-order chi connectivity index (χ1) is 6.60. The van der Waals surface area contributed by atoms with Gasteiger partial charge in [-0.15, -0.1) is 0 Å². The molecule has 0 aromatic heterocycles. The maximum atomic E-state index is 12.1. The quantitative estimate of drug-likeness (QED) is 0.680. The molecule has 1 nitrogen and oxygen atoms in total. The predicted molar refractivity (Wildman–Crippen MR) is 41.3 cm³/mol. The summed E-state index contributed by atoms with van der Waals surface area (Å²) in [5.74, 6) is -3.42. The molecule has 0 aromatic carbocycles. The molecule has 7 heteroatoms. The zero-order valence-electron chi connectivity index (χ0n) is 8.24. The second-order valence-electron chi connectivity index (χ2n) is 3.14. The first-order valence-corrected chi connectivity index (χ1v) is 4.35. The Bertz CT molecular complexity index is 171. The lowest BCUT2D eigenvalue weighted by Gasteiger charge is -2.28. The van der Waals surface area contributed by atoms with E-state index in [1.165, 1.54) is 0 Å². The number of alkyl halides is 6. The van der Waals surface area contributed by atoms with Gasteiger partial charge in [-0.1, -0.05) is 6.92 Å². The van der Waals surface area contributed by atoms with Gasteiger partial charge in [0.2, 0.25) is 0 Å². The van der Waals surface area contributed by atoms with Crippen molar-refractivity contribution in [1.82, 2.24) is 0 Å². The third kappa shape index (κ3) is 4.72. The molecular formula is C8H12F6O. The van der Waals surface area contributed by atoms with Gasteiger partial charge in [0.25, 0.3) is 0 Å². The summed E-state index contributed by atoms with van der Waals surface area (Å²) in [5, 5.41) is 0. The normalized spacial score (nSPS) is 15.8. The van der Waals surface area contributed by atoms with E-state index in [0.717, 1.165) is 6.92 Å². The van der Waals surface area contributed by atoms with Gasteiger partial charge >= 0.3 is 12.4 Å². The summed E-state index contributed by atoms with van der Waals surface area (Å²) in [4.78, 5) is 0. The second-order valence-corrected chi connectivity index (χ2v) is 3.14. The molecule has 0 aliphatic rings. The van der Waals surface area contributed by atoms with Crippen molar-refractivity contribution in [3.8, 4) is 0 Å². The van der Waals surface area contributed by atoms with Crippen LogP contribution in [0.25, 0.3) is 0 Å². The number of hydrogen-bond acceptors (Lipinski definition) is 1. The molecule has 0 aromatic rings. The molecule has 0 aliphatic carbocycles. The number of hydrogen-bond donors (Lipinski definition) is 0. The van der Waals surface area contributed by atoms with Crippen LogP contribution >= 0.6 is 0 Å². The summed E-state index contributed by atoms with van der Waals surface area (Å²) in [6, 6.07) is 0. The molecule has 1 unspecified atom stereocenters. The number of ether oxygens (including phenoxy) is 1. The van der Waals surface area contributed by atoms with Crippen LogP contribution < -0.4 is 0 Å². The van der Waals surface area contributed by atoms with E-state index in [9.17, 15) is 26.3 Å². The molecule has 0 spiro atoms. The summed E-state index contributed by atoms with van der Waals surface area (Å²) in [7, 11) is 0. The van der Waals surface area contributed by atoms with Crippen LogP contribution in [-0.2, 0) is 4.74 Å². The van der Waals surface area contributed by atoms with Gasteiger partial charge in [-0.2, -0.15) is 26.3 Å². The molecule has 0 heterocycles. The minimum absolute atomic E-state index is 0.121. The second kappa shape index (κ2) is 5.05. The first-order valence-electron chi connectivity index (χ1n) is 4.35. The molecular weight excluding hydrogens is 226 g/mol. The largest absolute Gasteiger partial charge is 0.403 e. The molecule has 0 amide bonds. The standard InChI is InChI=1S/C8H12F6O/c1-3-4-15-5(2)6(7(9,10)11)8(12,13)14/h5-6H,3-4H2,1-2H3. The van der Waals surface area contributed by atoms with E-state index in [4.69, 9.17) is 0 Å². The molecule has 0 bridgehead atoms. The zero-order chi connectivity index (χ0) is 12.3. The van der Waals surface area contributed by atoms with Gasteiger partial charge in [0, 0.05) is 6.61 Å². The fourth-order valence-corrected chi connectivity index (χ4v) is 1.12. The fourth-order valence-electron chi connectivity index (χ4n) is 1.12. The minimum atomic E-state index is -5.33. The molecule has 0 rings (SSSR count). The number of halogens is 6. The zero-order valence-corrected chi connectivity index (χ0v) is 8.24. The van der Waals surface area contributed by atoms with Gasteiger partial charge in [-0.25, -0.2) is 0 Å². The summed E-state index contributed by atoms with van der Waals surface area (Å²) in [5.41, 5.74) is 0. The molecule has 15 heavy (non-hydrogen) atoms. The average molecular weight is 238 g/mol. The predicted octanol–water partition coefficient (Wildman–Crippen LogP) is 3.54. The molecule has 0 fully saturated rings. The van der Waals surface area contributed by atoms with Crippen molar-refractivity contribution < 1.29 is 31.1 Å². The van der Waals surface area contributed by atoms with E-state index in [0.29, 0.717) is 6.42 Å². The third-order valence-electron chi connectivity index (χ3n) is 1.76. The van der Waals surface area contributed by atoms with Gasteiger partial charge in [-0.05, 0) is 13.3 Å². The Morgan fingerprint density at radius 3 is 1.67 bits per heavy atom. The van der Waals surface area contributed by atoms with Crippen molar-refractivity contribution in [3.05, 3.63) is 0 Å². The Morgan fingerprint density at radius 2 is 1.40 bits per heavy atom. The van der Waals surface area contributed by atoms with Crippen LogP contribution in [0.15, 0.2) is 0 Å². The van der Waals surface area contributed by atoms with Crippen molar-refractivity contribution in [2.45, 2.75) is 38.7 Å². The van der Waals surface area contributed by atoms with E-state index in [1.807, 2.05) is 0 Å². The highest BCUT2D eigenvalue weighted by atomic mass is 19.4. The summed E-state index contributed by atoms with van der Waals surface area (Å²) >= 11 is 0. The van der Waals surface area contributed by atoms with Crippen molar-refractivity contribution >= 4 is 0 Å². The Kier molecular flexibility index (Phi) is 4.89. The van der Waals surface area contributed by atoms with Crippen LogP contribution in [0.1, 0.15) is 20.3 Å². The molecule has 0 aliphatic heterocycles. The molecule has 0 saturated carbocycles. The average Bonchev–Trinajstić information content (AvgIpc) is 1.94. The number of rotatable bonds is 4.